The first-order valence-corrected chi connectivity index (χ1v) is 14.7. The molecule has 2 heterocycles. The highest BCUT2D eigenvalue weighted by atomic mass is 16.4. The third-order valence-corrected chi connectivity index (χ3v) is 9.79. The lowest BCUT2D eigenvalue weighted by molar-refractivity contribution is -0.121. The van der Waals surface area contributed by atoms with Crippen molar-refractivity contribution in [3.8, 4) is 0 Å². The molecule has 9 heteroatoms. The minimum absolute atomic E-state index is 0.0725. The van der Waals surface area contributed by atoms with Gasteiger partial charge in [-0.2, -0.15) is 5.10 Å². The summed E-state index contributed by atoms with van der Waals surface area (Å²) in [7, 11) is 1.74. The Balaban J connectivity index is 1.20. The smallest absolute Gasteiger partial charge is 0.270 e. The predicted molar refractivity (Wildman–Crippen MR) is 151 cm³/mol. The Labute approximate surface area is 235 Å². The average Bonchev–Trinajstić information content (AvgIpc) is 3.22. The summed E-state index contributed by atoms with van der Waals surface area (Å²) >= 11 is 0. The predicted octanol–water partition coefficient (Wildman–Crippen LogP) is 5.35. The van der Waals surface area contributed by atoms with Crippen molar-refractivity contribution in [2.45, 2.75) is 89.5 Å². The maximum atomic E-state index is 13.9. The molecule has 0 saturated heterocycles. The topological polar surface area (TPSA) is 115 Å². The van der Waals surface area contributed by atoms with E-state index in [1.807, 2.05) is 24.3 Å². The van der Waals surface area contributed by atoms with Crippen molar-refractivity contribution in [1.82, 2.24) is 25.3 Å². The van der Waals surface area contributed by atoms with Crippen LogP contribution in [0.3, 0.4) is 0 Å². The zero-order valence-electron chi connectivity index (χ0n) is 23.9. The number of hydrogen-bond donors (Lipinski definition) is 2. The number of amides is 2. The standard InChI is InChI=1S/C31H40N6O3/c1-30(2,29-36-35-28(40-29)20-9-6-10-20)21-11-13-22(14-12-21)33-27(39)25(34-26(38)23-15-18-32-37(23)4)24(19-7-5-8-19)31(3)16-17-31/h11-15,18-20,24-25H,5-10,16-17H2,1-4H3,(H,33,39)(H,34,38)/t24?,25-/m0/s1. The second-order valence-corrected chi connectivity index (χ2v) is 12.9. The van der Waals surface area contributed by atoms with Gasteiger partial charge >= 0.3 is 0 Å². The van der Waals surface area contributed by atoms with Gasteiger partial charge in [0.2, 0.25) is 17.7 Å². The van der Waals surface area contributed by atoms with Gasteiger partial charge in [0.05, 0.1) is 5.41 Å². The zero-order chi connectivity index (χ0) is 28.1. The van der Waals surface area contributed by atoms with Gasteiger partial charge in [-0.05, 0) is 80.5 Å². The van der Waals surface area contributed by atoms with E-state index in [1.54, 1.807) is 24.0 Å². The average molecular weight is 545 g/mol. The molecule has 3 aliphatic rings. The lowest BCUT2D eigenvalue weighted by Crippen LogP contribution is -2.54. The van der Waals surface area contributed by atoms with Crippen LogP contribution in [0.2, 0.25) is 0 Å². The van der Waals surface area contributed by atoms with Crippen LogP contribution in [0, 0.1) is 17.3 Å². The molecule has 1 unspecified atom stereocenters. The molecular weight excluding hydrogens is 504 g/mol. The lowest BCUT2D eigenvalue weighted by atomic mass is 9.66. The van der Waals surface area contributed by atoms with Crippen molar-refractivity contribution in [1.29, 1.82) is 0 Å². The Kier molecular flexibility index (Phi) is 6.79. The molecule has 9 nitrogen and oxygen atoms in total. The summed E-state index contributed by atoms with van der Waals surface area (Å²) in [5.41, 5.74) is 1.77. The van der Waals surface area contributed by atoms with Crippen molar-refractivity contribution >= 4 is 17.5 Å². The van der Waals surface area contributed by atoms with Crippen molar-refractivity contribution in [2.24, 2.45) is 24.3 Å². The SMILES string of the molecule is Cn1nccc1C(=O)N[C@H](C(=O)Nc1ccc(C(C)(C)c2nnc(C3CCC3)o2)cc1)C(C1CCC1)C1(C)CC1. The molecule has 3 aliphatic carbocycles. The van der Waals surface area contributed by atoms with E-state index in [1.165, 1.54) is 12.8 Å². The number of carbonyl (C=O) groups excluding carboxylic acids is 2. The molecule has 212 valence electrons. The van der Waals surface area contributed by atoms with Gasteiger partial charge in [0.1, 0.15) is 11.7 Å². The summed E-state index contributed by atoms with van der Waals surface area (Å²) in [6.07, 6.45) is 10.6. The fourth-order valence-corrected chi connectivity index (χ4v) is 6.32. The van der Waals surface area contributed by atoms with Crippen LogP contribution in [0.25, 0.3) is 0 Å². The fourth-order valence-electron chi connectivity index (χ4n) is 6.32. The summed E-state index contributed by atoms with van der Waals surface area (Å²) in [4.78, 5) is 27.1. The second kappa shape index (κ2) is 10.2. The summed E-state index contributed by atoms with van der Waals surface area (Å²) in [6.45, 7) is 6.40. The van der Waals surface area contributed by atoms with Crippen LogP contribution in [0.5, 0.6) is 0 Å². The first-order chi connectivity index (χ1) is 19.2. The molecule has 3 aromatic rings. The molecule has 3 saturated carbocycles. The van der Waals surface area contributed by atoms with E-state index >= 15 is 0 Å². The van der Waals surface area contributed by atoms with Crippen LogP contribution in [-0.2, 0) is 17.3 Å². The van der Waals surface area contributed by atoms with Crippen LogP contribution >= 0.6 is 0 Å². The number of aryl methyl sites for hydroxylation is 1. The molecule has 0 radical (unpaired) electrons. The summed E-state index contributed by atoms with van der Waals surface area (Å²) in [6, 6.07) is 8.88. The number of benzene rings is 1. The van der Waals surface area contributed by atoms with E-state index in [-0.39, 0.29) is 23.1 Å². The van der Waals surface area contributed by atoms with Crippen LogP contribution in [0.1, 0.15) is 106 Å². The van der Waals surface area contributed by atoms with E-state index < -0.39 is 11.5 Å². The van der Waals surface area contributed by atoms with Crippen LogP contribution < -0.4 is 10.6 Å². The molecule has 0 spiro atoms. The number of carbonyl (C=O) groups is 2. The molecule has 3 fully saturated rings. The summed E-state index contributed by atoms with van der Waals surface area (Å²) in [5.74, 6) is 1.83. The summed E-state index contributed by atoms with van der Waals surface area (Å²) in [5, 5.41) is 19.0. The third-order valence-electron chi connectivity index (χ3n) is 9.79. The first kappa shape index (κ1) is 26.7. The number of aromatic nitrogens is 4. The Morgan fingerprint density at radius 1 is 1.05 bits per heavy atom. The van der Waals surface area contributed by atoms with E-state index in [0.717, 1.165) is 50.0 Å². The van der Waals surface area contributed by atoms with Crippen LogP contribution in [0.4, 0.5) is 5.69 Å². The van der Waals surface area contributed by atoms with Crippen LogP contribution in [-0.4, -0.2) is 37.8 Å². The number of rotatable bonds is 10. The Morgan fingerprint density at radius 3 is 2.30 bits per heavy atom. The number of nitrogens with one attached hydrogen (secondary N) is 2. The largest absolute Gasteiger partial charge is 0.424 e. The van der Waals surface area contributed by atoms with Gasteiger partial charge in [0, 0.05) is 24.8 Å². The molecular formula is C31H40N6O3. The zero-order valence-corrected chi connectivity index (χ0v) is 23.9. The van der Waals surface area contributed by atoms with Gasteiger partial charge in [0.15, 0.2) is 0 Å². The molecule has 0 bridgehead atoms. The molecule has 2 N–H and O–H groups in total. The monoisotopic (exact) mass is 544 g/mol. The number of nitrogens with zero attached hydrogens (tertiary/aromatic N) is 4. The van der Waals surface area contributed by atoms with Gasteiger partial charge in [0.25, 0.3) is 5.91 Å². The highest BCUT2D eigenvalue weighted by Gasteiger charge is 2.54. The maximum absolute atomic E-state index is 13.9. The van der Waals surface area contributed by atoms with Crippen molar-refractivity contribution < 1.29 is 14.0 Å². The maximum Gasteiger partial charge on any atom is 0.270 e. The van der Waals surface area contributed by atoms with E-state index in [9.17, 15) is 9.59 Å². The first-order valence-electron chi connectivity index (χ1n) is 14.7. The highest BCUT2D eigenvalue weighted by molar-refractivity contribution is 6.00. The van der Waals surface area contributed by atoms with E-state index in [4.69, 9.17) is 4.42 Å². The summed E-state index contributed by atoms with van der Waals surface area (Å²) < 4.78 is 7.62. The molecule has 2 atom stereocenters. The molecule has 40 heavy (non-hydrogen) atoms. The normalized spacial score (nSPS) is 20.2. The molecule has 6 rings (SSSR count). The minimum Gasteiger partial charge on any atom is -0.424 e. The fraction of sp³-hybridized carbons (Fsp3) is 0.581. The molecule has 1 aromatic carbocycles. The molecule has 0 aliphatic heterocycles. The highest BCUT2D eigenvalue weighted by Crippen LogP contribution is 2.58. The Morgan fingerprint density at radius 2 is 1.75 bits per heavy atom. The Hall–Kier alpha value is -3.49. The van der Waals surface area contributed by atoms with Crippen molar-refractivity contribution in [2.75, 3.05) is 5.32 Å². The number of hydrogen-bond acceptors (Lipinski definition) is 6. The van der Waals surface area contributed by atoms with Gasteiger partial charge in [-0.3, -0.25) is 14.3 Å². The van der Waals surface area contributed by atoms with Gasteiger partial charge in [-0.15, -0.1) is 10.2 Å². The van der Waals surface area contributed by atoms with Gasteiger partial charge in [-0.1, -0.05) is 44.7 Å². The van der Waals surface area contributed by atoms with E-state index in [2.05, 4.69) is 46.7 Å². The lowest BCUT2D eigenvalue weighted by Gasteiger charge is -2.42. The quantitative estimate of drug-likeness (QED) is 0.356. The molecule has 2 amide bonds. The van der Waals surface area contributed by atoms with Gasteiger partial charge < -0.3 is 15.1 Å². The van der Waals surface area contributed by atoms with Crippen LogP contribution in [0.15, 0.2) is 40.9 Å². The number of anilines is 1. The van der Waals surface area contributed by atoms with Gasteiger partial charge in [-0.25, -0.2) is 0 Å². The Bertz CT molecular complexity index is 1380. The molecule has 2 aromatic heterocycles. The van der Waals surface area contributed by atoms with Crippen molar-refractivity contribution in [3.05, 3.63) is 59.6 Å². The minimum atomic E-state index is -0.625. The third kappa shape index (κ3) is 4.95. The van der Waals surface area contributed by atoms with E-state index in [0.29, 0.717) is 29.1 Å². The van der Waals surface area contributed by atoms with Crippen molar-refractivity contribution in [3.63, 3.8) is 0 Å². The second-order valence-electron chi connectivity index (χ2n) is 12.9.